The van der Waals surface area contributed by atoms with Gasteiger partial charge in [0.05, 0.1) is 24.5 Å². The van der Waals surface area contributed by atoms with Crippen LogP contribution < -0.4 is 10.1 Å². The van der Waals surface area contributed by atoms with E-state index in [4.69, 9.17) is 16.3 Å². The number of anilines is 1. The van der Waals surface area contributed by atoms with E-state index in [1.54, 1.807) is 7.11 Å². The third-order valence-corrected chi connectivity index (χ3v) is 3.29. The van der Waals surface area contributed by atoms with Crippen molar-refractivity contribution in [3.05, 3.63) is 40.7 Å². The van der Waals surface area contributed by atoms with Crippen molar-refractivity contribution in [1.82, 2.24) is 9.78 Å². The van der Waals surface area contributed by atoms with Crippen molar-refractivity contribution in [2.24, 2.45) is 7.05 Å². The summed E-state index contributed by atoms with van der Waals surface area (Å²) in [6.07, 6.45) is 2.02. The lowest BCUT2D eigenvalue weighted by molar-refractivity contribution is 0.416. The highest BCUT2D eigenvalue weighted by molar-refractivity contribution is 6.30. The molecule has 0 fully saturated rings. The molecule has 0 spiro atoms. The van der Waals surface area contributed by atoms with E-state index >= 15 is 0 Å². The predicted molar refractivity (Wildman–Crippen MR) is 78.0 cm³/mol. The average molecular weight is 280 g/mol. The number of ether oxygens (including phenoxy) is 1. The lowest BCUT2D eigenvalue weighted by Gasteiger charge is -2.17. The Hall–Kier alpha value is -1.68. The molecular weight excluding hydrogens is 262 g/mol. The van der Waals surface area contributed by atoms with Gasteiger partial charge in [0.2, 0.25) is 0 Å². The van der Waals surface area contributed by atoms with Crippen molar-refractivity contribution < 1.29 is 4.74 Å². The van der Waals surface area contributed by atoms with Gasteiger partial charge in [-0.15, -0.1) is 0 Å². The Bertz CT molecular complexity index is 580. The van der Waals surface area contributed by atoms with Gasteiger partial charge in [-0.3, -0.25) is 4.68 Å². The van der Waals surface area contributed by atoms with E-state index in [9.17, 15) is 0 Å². The van der Waals surface area contributed by atoms with Crippen LogP contribution in [0, 0.1) is 6.92 Å². The van der Waals surface area contributed by atoms with Crippen LogP contribution in [0.1, 0.15) is 24.2 Å². The summed E-state index contributed by atoms with van der Waals surface area (Å²) < 4.78 is 7.15. The van der Waals surface area contributed by atoms with Crippen LogP contribution in [0.3, 0.4) is 0 Å². The lowest BCUT2D eigenvalue weighted by atomic mass is 10.1. The smallest absolute Gasteiger partial charge is 0.142 e. The summed E-state index contributed by atoms with van der Waals surface area (Å²) >= 11 is 6.03. The molecule has 1 heterocycles. The summed E-state index contributed by atoms with van der Waals surface area (Å²) in [5.74, 6) is 0.776. The molecule has 0 saturated heterocycles. The van der Waals surface area contributed by atoms with Crippen molar-refractivity contribution in [2.45, 2.75) is 19.9 Å². The summed E-state index contributed by atoms with van der Waals surface area (Å²) in [6, 6.07) is 5.66. The number of hydrogen-bond donors (Lipinski definition) is 1. The van der Waals surface area contributed by atoms with Crippen LogP contribution in [0.2, 0.25) is 5.02 Å². The van der Waals surface area contributed by atoms with Gasteiger partial charge in [-0.2, -0.15) is 5.10 Å². The van der Waals surface area contributed by atoms with Gasteiger partial charge in [-0.1, -0.05) is 11.6 Å². The molecule has 102 valence electrons. The second-order valence-corrected chi connectivity index (χ2v) is 4.99. The molecule has 0 radical (unpaired) electrons. The molecule has 5 heteroatoms. The Morgan fingerprint density at radius 3 is 2.74 bits per heavy atom. The normalized spacial score (nSPS) is 12.3. The van der Waals surface area contributed by atoms with Crippen LogP contribution in [0.4, 0.5) is 5.69 Å². The van der Waals surface area contributed by atoms with Gasteiger partial charge in [0.1, 0.15) is 5.75 Å². The first kappa shape index (κ1) is 13.7. The van der Waals surface area contributed by atoms with Crippen molar-refractivity contribution in [3.8, 4) is 5.75 Å². The fourth-order valence-corrected chi connectivity index (χ4v) is 2.32. The maximum absolute atomic E-state index is 6.03. The number of aromatic nitrogens is 2. The van der Waals surface area contributed by atoms with Gasteiger partial charge in [-0.05, 0) is 32.0 Å². The van der Waals surface area contributed by atoms with Gasteiger partial charge in [-0.25, -0.2) is 0 Å². The minimum absolute atomic E-state index is 0.126. The molecule has 19 heavy (non-hydrogen) atoms. The van der Waals surface area contributed by atoms with Crippen LogP contribution in [-0.4, -0.2) is 16.9 Å². The number of methoxy groups -OCH3 is 1. The number of rotatable bonds is 4. The van der Waals surface area contributed by atoms with E-state index in [1.165, 1.54) is 0 Å². The second kappa shape index (κ2) is 5.53. The van der Waals surface area contributed by atoms with Crippen molar-refractivity contribution in [1.29, 1.82) is 0 Å². The third kappa shape index (κ3) is 3.01. The minimum Gasteiger partial charge on any atom is -0.495 e. The van der Waals surface area contributed by atoms with Gasteiger partial charge in [0.15, 0.2) is 0 Å². The van der Waals surface area contributed by atoms with Crippen molar-refractivity contribution in [3.63, 3.8) is 0 Å². The van der Waals surface area contributed by atoms with E-state index in [2.05, 4.69) is 17.3 Å². The van der Waals surface area contributed by atoms with E-state index in [-0.39, 0.29) is 6.04 Å². The van der Waals surface area contributed by atoms with Crippen LogP contribution in [0.25, 0.3) is 0 Å². The Kier molecular flexibility index (Phi) is 4.00. The first-order valence-corrected chi connectivity index (χ1v) is 6.49. The quantitative estimate of drug-likeness (QED) is 0.930. The Morgan fingerprint density at radius 2 is 2.16 bits per heavy atom. The number of hydrogen-bond acceptors (Lipinski definition) is 3. The molecule has 2 rings (SSSR count). The largest absolute Gasteiger partial charge is 0.495 e. The number of aryl methyl sites for hydroxylation is 2. The molecule has 0 aliphatic carbocycles. The average Bonchev–Trinajstić information content (AvgIpc) is 2.69. The second-order valence-electron chi connectivity index (χ2n) is 4.55. The molecule has 1 unspecified atom stereocenters. The molecule has 0 bridgehead atoms. The molecule has 1 N–H and O–H groups in total. The molecule has 0 aliphatic rings. The third-order valence-electron chi connectivity index (χ3n) is 3.05. The predicted octanol–water partition coefficient (Wildman–Crippen LogP) is 3.56. The summed E-state index contributed by atoms with van der Waals surface area (Å²) in [6.45, 7) is 4.09. The summed E-state index contributed by atoms with van der Waals surface area (Å²) in [4.78, 5) is 0. The summed E-state index contributed by atoms with van der Waals surface area (Å²) in [5.41, 5.74) is 3.05. The van der Waals surface area contributed by atoms with Crippen molar-refractivity contribution in [2.75, 3.05) is 12.4 Å². The number of halogens is 1. The zero-order valence-corrected chi connectivity index (χ0v) is 12.3. The highest BCUT2D eigenvalue weighted by Crippen LogP contribution is 2.31. The molecule has 0 aliphatic heterocycles. The van der Waals surface area contributed by atoms with Crippen molar-refractivity contribution >= 4 is 17.3 Å². The first-order chi connectivity index (χ1) is 9.01. The Morgan fingerprint density at radius 1 is 1.42 bits per heavy atom. The fourth-order valence-electron chi connectivity index (χ4n) is 2.15. The Balaban J connectivity index is 2.25. The molecule has 1 aromatic carbocycles. The standard InChI is InChI=1S/C14H18ClN3O/c1-9(12-8-18(3)17-10(12)2)16-13-7-11(15)5-6-14(13)19-4/h5-9,16H,1-4H3. The Labute approximate surface area is 118 Å². The van der Waals surface area contributed by atoms with Crippen LogP contribution in [0.5, 0.6) is 5.75 Å². The van der Waals surface area contributed by atoms with Gasteiger partial charge in [0.25, 0.3) is 0 Å². The van der Waals surface area contributed by atoms with E-state index in [0.29, 0.717) is 5.02 Å². The molecule has 2 aromatic rings. The summed E-state index contributed by atoms with van der Waals surface area (Å²) in [7, 11) is 3.57. The fraction of sp³-hybridized carbons (Fsp3) is 0.357. The minimum atomic E-state index is 0.126. The maximum Gasteiger partial charge on any atom is 0.142 e. The molecule has 0 saturated carbocycles. The maximum atomic E-state index is 6.03. The van der Waals surface area contributed by atoms with E-state index in [0.717, 1.165) is 22.7 Å². The monoisotopic (exact) mass is 279 g/mol. The molecule has 0 amide bonds. The number of nitrogens with one attached hydrogen (secondary N) is 1. The topological polar surface area (TPSA) is 39.1 Å². The highest BCUT2D eigenvalue weighted by Gasteiger charge is 2.13. The molecular formula is C14H18ClN3O. The van der Waals surface area contributed by atoms with Crippen LogP contribution in [0.15, 0.2) is 24.4 Å². The van der Waals surface area contributed by atoms with E-state index < -0.39 is 0 Å². The number of nitrogens with zero attached hydrogens (tertiary/aromatic N) is 2. The van der Waals surface area contributed by atoms with E-state index in [1.807, 2.05) is 43.0 Å². The molecule has 4 nitrogen and oxygen atoms in total. The van der Waals surface area contributed by atoms with Gasteiger partial charge < -0.3 is 10.1 Å². The number of benzene rings is 1. The van der Waals surface area contributed by atoms with Gasteiger partial charge in [0, 0.05) is 23.8 Å². The zero-order chi connectivity index (χ0) is 14.0. The summed E-state index contributed by atoms with van der Waals surface area (Å²) in [5, 5.41) is 8.44. The first-order valence-electron chi connectivity index (χ1n) is 6.11. The molecule has 1 atom stereocenters. The zero-order valence-electron chi connectivity index (χ0n) is 11.6. The lowest BCUT2D eigenvalue weighted by Crippen LogP contribution is -2.08. The van der Waals surface area contributed by atoms with Crippen LogP contribution >= 0.6 is 11.6 Å². The highest BCUT2D eigenvalue weighted by atomic mass is 35.5. The SMILES string of the molecule is COc1ccc(Cl)cc1NC(C)c1cn(C)nc1C. The van der Waals surface area contributed by atoms with Crippen LogP contribution in [-0.2, 0) is 7.05 Å². The van der Waals surface area contributed by atoms with Gasteiger partial charge >= 0.3 is 0 Å². The molecule has 1 aromatic heterocycles.